The molecule has 121 valence electrons. The van der Waals surface area contributed by atoms with Gasteiger partial charge in [-0.05, 0) is 18.3 Å². The lowest BCUT2D eigenvalue weighted by molar-refractivity contribution is 0.461. The van der Waals surface area contributed by atoms with Gasteiger partial charge in [0.2, 0.25) is 0 Å². The minimum atomic E-state index is 0.906. The van der Waals surface area contributed by atoms with Gasteiger partial charge in [-0.1, -0.05) is 111 Å². The molecule has 0 aliphatic heterocycles. The Balaban J connectivity index is 3.06. The molecule has 0 aromatic heterocycles. The molecule has 0 bridgehead atoms. The third kappa shape index (κ3) is 16.1. The highest BCUT2D eigenvalue weighted by atomic mass is 14.1. The molecule has 1 radical (unpaired) electrons. The summed E-state index contributed by atoms with van der Waals surface area (Å²) in [6, 6.07) is 0. The molecule has 0 nitrogen and oxygen atoms in total. The quantitative estimate of drug-likeness (QED) is 0.269. The molecule has 0 fully saturated rings. The molecule has 0 aromatic carbocycles. The first-order valence-electron chi connectivity index (χ1n) is 9.45. The highest BCUT2D eigenvalue weighted by Gasteiger charge is 2.04. The fourth-order valence-electron chi connectivity index (χ4n) is 3.13. The zero-order valence-corrected chi connectivity index (χ0v) is 15.0. The Labute approximate surface area is 130 Å². The van der Waals surface area contributed by atoms with E-state index >= 15 is 0 Å². The van der Waals surface area contributed by atoms with E-state index in [1.807, 2.05) is 0 Å². The van der Waals surface area contributed by atoms with Crippen LogP contribution in [0.3, 0.4) is 0 Å². The molecule has 0 N–H and O–H groups in total. The van der Waals surface area contributed by atoms with Gasteiger partial charge in [-0.3, -0.25) is 0 Å². The molecular formula is C20H41. The Kier molecular flexibility index (Phi) is 15.4. The number of rotatable bonds is 15. The second-order valence-electron chi connectivity index (χ2n) is 7.19. The van der Waals surface area contributed by atoms with Crippen LogP contribution in [0.15, 0.2) is 0 Å². The van der Waals surface area contributed by atoms with Crippen LogP contribution in [-0.2, 0) is 0 Å². The van der Waals surface area contributed by atoms with Gasteiger partial charge in [0.15, 0.2) is 0 Å². The number of unbranched alkanes of at least 4 members (excludes halogenated alkanes) is 11. The third-order valence-corrected chi connectivity index (χ3v) is 4.31. The second-order valence-corrected chi connectivity index (χ2v) is 7.19. The van der Waals surface area contributed by atoms with Crippen LogP contribution in [0, 0.1) is 11.8 Å². The molecular weight excluding hydrogens is 240 g/mol. The molecule has 0 aromatic rings. The summed E-state index contributed by atoms with van der Waals surface area (Å²) in [6.45, 7) is 9.23. The van der Waals surface area contributed by atoms with Crippen molar-refractivity contribution in [3.8, 4) is 0 Å². The van der Waals surface area contributed by atoms with Crippen LogP contribution >= 0.6 is 0 Å². The summed E-state index contributed by atoms with van der Waals surface area (Å²) in [7, 11) is 0. The van der Waals surface area contributed by atoms with Gasteiger partial charge in [0.1, 0.15) is 0 Å². The molecule has 0 amide bonds. The van der Waals surface area contributed by atoms with Crippen LogP contribution in [0.1, 0.15) is 118 Å². The maximum atomic E-state index is 2.41. The maximum absolute atomic E-state index is 2.41. The fourth-order valence-corrected chi connectivity index (χ4v) is 3.13. The van der Waals surface area contributed by atoms with Crippen LogP contribution in [0.5, 0.6) is 0 Å². The summed E-state index contributed by atoms with van der Waals surface area (Å²) in [4.78, 5) is 0. The number of hydrogen-bond acceptors (Lipinski definition) is 0. The van der Waals surface area contributed by atoms with Gasteiger partial charge >= 0.3 is 0 Å². The van der Waals surface area contributed by atoms with Crippen molar-refractivity contribution < 1.29 is 0 Å². The summed E-state index contributed by atoms with van der Waals surface area (Å²) >= 11 is 0. The zero-order valence-electron chi connectivity index (χ0n) is 15.0. The minimum Gasteiger partial charge on any atom is -0.0654 e. The van der Waals surface area contributed by atoms with Crippen molar-refractivity contribution in [1.29, 1.82) is 0 Å². The summed E-state index contributed by atoms with van der Waals surface area (Å²) in [5.74, 6) is 2.50. The Morgan fingerprint density at radius 2 is 1.05 bits per heavy atom. The molecule has 0 saturated heterocycles. The standard InChI is InChI=1S/C20H41/c1-5-6-7-8-9-10-11-12-13-14-15-16-17-20(4)18-19(2)3/h20H,5-18H2,1-4H3. The van der Waals surface area contributed by atoms with E-state index in [-0.39, 0.29) is 0 Å². The average molecular weight is 282 g/mol. The van der Waals surface area contributed by atoms with Crippen molar-refractivity contribution >= 4 is 0 Å². The summed E-state index contributed by atoms with van der Waals surface area (Å²) in [5, 5.41) is 0. The van der Waals surface area contributed by atoms with E-state index in [0.717, 1.165) is 5.92 Å². The monoisotopic (exact) mass is 281 g/mol. The molecule has 1 unspecified atom stereocenters. The van der Waals surface area contributed by atoms with E-state index in [9.17, 15) is 0 Å². The predicted octanol–water partition coefficient (Wildman–Crippen LogP) is 7.72. The second kappa shape index (κ2) is 15.4. The predicted molar refractivity (Wildman–Crippen MR) is 94.1 cm³/mol. The lowest BCUT2D eigenvalue weighted by Crippen LogP contribution is -1.98. The molecule has 0 aliphatic carbocycles. The first-order chi connectivity index (χ1) is 9.66. The van der Waals surface area contributed by atoms with Crippen LogP contribution in [0.25, 0.3) is 0 Å². The first kappa shape index (κ1) is 20.0. The molecule has 0 spiro atoms. The van der Waals surface area contributed by atoms with E-state index in [2.05, 4.69) is 27.7 Å². The Morgan fingerprint density at radius 1 is 0.650 bits per heavy atom. The SMILES string of the molecule is CCCCCCCCCCCCCCC(C)C[C](C)C. The van der Waals surface area contributed by atoms with Gasteiger partial charge in [-0.15, -0.1) is 0 Å². The van der Waals surface area contributed by atoms with Crippen LogP contribution in [0.2, 0.25) is 0 Å². The van der Waals surface area contributed by atoms with E-state index in [0.29, 0.717) is 0 Å². The fraction of sp³-hybridized carbons (Fsp3) is 0.950. The van der Waals surface area contributed by atoms with Crippen molar-refractivity contribution in [1.82, 2.24) is 0 Å². The Morgan fingerprint density at radius 3 is 1.45 bits per heavy atom. The van der Waals surface area contributed by atoms with Crippen molar-refractivity contribution in [2.75, 3.05) is 0 Å². The molecule has 0 heterocycles. The van der Waals surface area contributed by atoms with Gasteiger partial charge in [0, 0.05) is 0 Å². The highest BCUT2D eigenvalue weighted by Crippen LogP contribution is 2.19. The largest absolute Gasteiger partial charge is 0.0654 e. The summed E-state index contributed by atoms with van der Waals surface area (Å²) < 4.78 is 0. The topological polar surface area (TPSA) is 0 Å². The van der Waals surface area contributed by atoms with Gasteiger partial charge in [0.25, 0.3) is 0 Å². The van der Waals surface area contributed by atoms with Crippen LogP contribution in [0.4, 0.5) is 0 Å². The number of hydrogen-bond donors (Lipinski definition) is 0. The van der Waals surface area contributed by atoms with Gasteiger partial charge in [0.05, 0.1) is 0 Å². The zero-order chi connectivity index (χ0) is 15.1. The first-order valence-corrected chi connectivity index (χ1v) is 9.45. The molecule has 20 heavy (non-hydrogen) atoms. The van der Waals surface area contributed by atoms with E-state index < -0.39 is 0 Å². The molecule has 0 heteroatoms. The maximum Gasteiger partial charge on any atom is -0.0300 e. The lowest BCUT2D eigenvalue weighted by atomic mass is 9.93. The van der Waals surface area contributed by atoms with Gasteiger partial charge in [-0.2, -0.15) is 0 Å². The van der Waals surface area contributed by atoms with Crippen molar-refractivity contribution in [2.45, 2.75) is 118 Å². The normalized spacial score (nSPS) is 13.1. The summed E-state index contributed by atoms with van der Waals surface area (Å²) in [5.41, 5.74) is 0. The average Bonchev–Trinajstić information content (AvgIpc) is 2.39. The third-order valence-electron chi connectivity index (χ3n) is 4.31. The van der Waals surface area contributed by atoms with E-state index in [1.54, 1.807) is 5.92 Å². The van der Waals surface area contributed by atoms with E-state index in [1.165, 1.54) is 89.9 Å². The van der Waals surface area contributed by atoms with Crippen LogP contribution in [-0.4, -0.2) is 0 Å². The molecule has 0 saturated carbocycles. The molecule has 0 aliphatic rings. The smallest absolute Gasteiger partial charge is 0.0300 e. The van der Waals surface area contributed by atoms with Crippen molar-refractivity contribution in [2.24, 2.45) is 5.92 Å². The van der Waals surface area contributed by atoms with Crippen LogP contribution < -0.4 is 0 Å². The Bertz CT molecular complexity index is 171. The van der Waals surface area contributed by atoms with Crippen molar-refractivity contribution in [3.63, 3.8) is 0 Å². The minimum absolute atomic E-state index is 0.906. The highest BCUT2D eigenvalue weighted by molar-refractivity contribution is 4.78. The van der Waals surface area contributed by atoms with E-state index in [4.69, 9.17) is 0 Å². The summed E-state index contributed by atoms with van der Waals surface area (Å²) in [6.07, 6.45) is 20.3. The lowest BCUT2D eigenvalue weighted by Gasteiger charge is -2.13. The molecule has 1 atom stereocenters. The van der Waals surface area contributed by atoms with Crippen molar-refractivity contribution in [3.05, 3.63) is 5.92 Å². The van der Waals surface area contributed by atoms with Gasteiger partial charge in [-0.25, -0.2) is 0 Å². The Hall–Kier alpha value is 0. The molecule has 0 rings (SSSR count). The van der Waals surface area contributed by atoms with Gasteiger partial charge < -0.3 is 0 Å².